The summed E-state index contributed by atoms with van der Waals surface area (Å²) in [6.07, 6.45) is 1.61. The second-order valence-corrected chi connectivity index (χ2v) is 4.16. The number of carbonyl (C=O) groups is 2. The Morgan fingerprint density at radius 1 is 1.00 bits per heavy atom. The lowest BCUT2D eigenvalue weighted by molar-refractivity contribution is -0.120. The minimum absolute atomic E-state index is 0.354. The zero-order valence-electron chi connectivity index (χ0n) is 9.98. The highest BCUT2D eigenvalue weighted by Gasteiger charge is 2.41. The van der Waals surface area contributed by atoms with E-state index in [-0.39, 0.29) is 5.91 Å². The Balaban J connectivity index is 2.06. The molecule has 0 aliphatic carbocycles. The van der Waals surface area contributed by atoms with Crippen molar-refractivity contribution in [3.63, 3.8) is 0 Å². The lowest BCUT2D eigenvalue weighted by Crippen LogP contribution is -2.29. The SMILES string of the molecule is O=C1NC(=O)N(c2ccccc2)C1c1ccccn1. The van der Waals surface area contributed by atoms with E-state index in [0.717, 1.165) is 0 Å². The number of nitrogens with one attached hydrogen (secondary N) is 1. The van der Waals surface area contributed by atoms with Gasteiger partial charge in [-0.05, 0) is 24.3 Å². The third-order valence-electron chi connectivity index (χ3n) is 2.96. The zero-order chi connectivity index (χ0) is 13.2. The third kappa shape index (κ3) is 1.95. The van der Waals surface area contributed by atoms with E-state index in [4.69, 9.17) is 0 Å². The summed E-state index contributed by atoms with van der Waals surface area (Å²) in [5, 5.41) is 2.32. The summed E-state index contributed by atoms with van der Waals surface area (Å²) < 4.78 is 0. The minimum atomic E-state index is -0.712. The Kier molecular flexibility index (Phi) is 2.72. The van der Waals surface area contributed by atoms with Crippen LogP contribution < -0.4 is 10.2 Å². The molecular weight excluding hydrogens is 242 g/mol. The van der Waals surface area contributed by atoms with E-state index in [2.05, 4.69) is 10.3 Å². The fourth-order valence-corrected chi connectivity index (χ4v) is 2.13. The first-order chi connectivity index (χ1) is 9.27. The summed E-state index contributed by atoms with van der Waals surface area (Å²) in [5.41, 5.74) is 1.22. The summed E-state index contributed by atoms with van der Waals surface area (Å²) in [4.78, 5) is 29.5. The smallest absolute Gasteiger partial charge is 0.276 e. The predicted octanol–water partition coefficient (Wildman–Crippen LogP) is 1.88. The van der Waals surface area contributed by atoms with E-state index >= 15 is 0 Å². The number of anilines is 1. The maximum Gasteiger partial charge on any atom is 0.329 e. The molecule has 3 rings (SSSR count). The summed E-state index contributed by atoms with van der Waals surface area (Å²) in [5.74, 6) is -0.354. The van der Waals surface area contributed by atoms with Gasteiger partial charge in [-0.2, -0.15) is 0 Å². The van der Waals surface area contributed by atoms with Crippen LogP contribution in [0.25, 0.3) is 0 Å². The van der Waals surface area contributed by atoms with Gasteiger partial charge in [0.1, 0.15) is 0 Å². The molecule has 1 aliphatic heterocycles. The van der Waals surface area contributed by atoms with Gasteiger partial charge in [-0.25, -0.2) is 4.79 Å². The van der Waals surface area contributed by atoms with Gasteiger partial charge in [-0.15, -0.1) is 0 Å². The number of benzene rings is 1. The molecule has 1 aromatic heterocycles. The normalized spacial score (nSPS) is 18.5. The molecule has 5 heteroatoms. The number of carbonyl (C=O) groups excluding carboxylic acids is 2. The first kappa shape index (κ1) is 11.4. The van der Waals surface area contributed by atoms with Crippen molar-refractivity contribution >= 4 is 17.6 Å². The molecule has 2 heterocycles. The summed E-state index contributed by atoms with van der Waals surface area (Å²) in [6, 6.07) is 13.2. The molecule has 1 aliphatic rings. The van der Waals surface area contributed by atoms with Crippen LogP contribution in [-0.2, 0) is 4.79 Å². The van der Waals surface area contributed by atoms with E-state index < -0.39 is 12.1 Å². The molecule has 0 bridgehead atoms. The van der Waals surface area contributed by atoms with Gasteiger partial charge in [-0.3, -0.25) is 20.0 Å². The highest BCUT2D eigenvalue weighted by molar-refractivity contribution is 6.14. The number of nitrogens with zero attached hydrogens (tertiary/aromatic N) is 2. The maximum absolute atomic E-state index is 12.0. The van der Waals surface area contributed by atoms with Gasteiger partial charge in [0.15, 0.2) is 6.04 Å². The lowest BCUT2D eigenvalue weighted by atomic mass is 10.1. The van der Waals surface area contributed by atoms with E-state index in [1.165, 1.54) is 4.90 Å². The minimum Gasteiger partial charge on any atom is -0.276 e. The van der Waals surface area contributed by atoms with Crippen LogP contribution in [0.5, 0.6) is 0 Å². The second-order valence-electron chi connectivity index (χ2n) is 4.16. The van der Waals surface area contributed by atoms with Crippen LogP contribution in [0.2, 0.25) is 0 Å². The van der Waals surface area contributed by atoms with Gasteiger partial charge in [0.25, 0.3) is 5.91 Å². The average molecular weight is 253 g/mol. The van der Waals surface area contributed by atoms with E-state index in [1.54, 1.807) is 36.5 Å². The monoisotopic (exact) mass is 253 g/mol. The van der Waals surface area contributed by atoms with Crippen LogP contribution in [0, 0.1) is 0 Å². The molecule has 1 saturated heterocycles. The lowest BCUT2D eigenvalue weighted by Gasteiger charge is -2.21. The third-order valence-corrected chi connectivity index (χ3v) is 2.96. The predicted molar refractivity (Wildman–Crippen MR) is 69.4 cm³/mol. The molecule has 1 fully saturated rings. The van der Waals surface area contributed by atoms with Crippen LogP contribution in [0.3, 0.4) is 0 Å². The number of aromatic nitrogens is 1. The first-order valence-electron chi connectivity index (χ1n) is 5.87. The van der Waals surface area contributed by atoms with E-state index in [0.29, 0.717) is 11.4 Å². The average Bonchev–Trinajstić information content (AvgIpc) is 2.75. The molecule has 19 heavy (non-hydrogen) atoms. The van der Waals surface area contributed by atoms with Gasteiger partial charge in [0, 0.05) is 11.9 Å². The number of hydrogen-bond donors (Lipinski definition) is 1. The summed E-state index contributed by atoms with van der Waals surface area (Å²) in [7, 11) is 0. The quantitative estimate of drug-likeness (QED) is 0.831. The molecule has 0 radical (unpaired) electrons. The molecule has 94 valence electrons. The zero-order valence-corrected chi connectivity index (χ0v) is 9.98. The van der Waals surface area contributed by atoms with Gasteiger partial charge in [-0.1, -0.05) is 24.3 Å². The highest BCUT2D eigenvalue weighted by atomic mass is 16.2. The molecule has 1 atom stereocenters. The first-order valence-corrected chi connectivity index (χ1v) is 5.87. The molecule has 5 nitrogen and oxygen atoms in total. The molecule has 0 saturated carbocycles. The number of pyridine rings is 1. The largest absolute Gasteiger partial charge is 0.329 e. The molecular formula is C14H11N3O2. The number of urea groups is 1. The van der Waals surface area contributed by atoms with Crippen LogP contribution in [-0.4, -0.2) is 16.9 Å². The van der Waals surface area contributed by atoms with E-state index in [9.17, 15) is 9.59 Å². The molecule has 1 unspecified atom stereocenters. The van der Waals surface area contributed by atoms with Gasteiger partial charge < -0.3 is 0 Å². The van der Waals surface area contributed by atoms with Crippen molar-refractivity contribution in [2.45, 2.75) is 6.04 Å². The Morgan fingerprint density at radius 2 is 1.74 bits per heavy atom. The Labute approximate surface area is 109 Å². The number of imide groups is 1. The molecule has 0 spiro atoms. The van der Waals surface area contributed by atoms with Crippen molar-refractivity contribution in [1.29, 1.82) is 0 Å². The second kappa shape index (κ2) is 4.53. The van der Waals surface area contributed by atoms with Crippen molar-refractivity contribution in [2.24, 2.45) is 0 Å². The van der Waals surface area contributed by atoms with Gasteiger partial charge >= 0.3 is 6.03 Å². The number of hydrogen-bond acceptors (Lipinski definition) is 3. The van der Waals surface area contributed by atoms with Crippen molar-refractivity contribution in [2.75, 3.05) is 4.90 Å². The fourth-order valence-electron chi connectivity index (χ4n) is 2.13. The standard InChI is InChI=1S/C14H11N3O2/c18-13-12(11-8-4-5-9-15-11)17(14(19)16-13)10-6-2-1-3-7-10/h1-9,12H,(H,16,18,19). The highest BCUT2D eigenvalue weighted by Crippen LogP contribution is 2.29. The molecule has 1 N–H and O–H groups in total. The van der Waals surface area contributed by atoms with Crippen LogP contribution in [0.15, 0.2) is 54.7 Å². The van der Waals surface area contributed by atoms with E-state index in [1.807, 2.05) is 18.2 Å². The topological polar surface area (TPSA) is 62.3 Å². The molecule has 2 aromatic rings. The van der Waals surface area contributed by atoms with Crippen LogP contribution >= 0.6 is 0 Å². The Hall–Kier alpha value is -2.69. The van der Waals surface area contributed by atoms with Crippen molar-refractivity contribution < 1.29 is 9.59 Å². The Morgan fingerprint density at radius 3 is 2.42 bits per heavy atom. The van der Waals surface area contributed by atoms with Crippen molar-refractivity contribution in [3.8, 4) is 0 Å². The number of para-hydroxylation sites is 1. The summed E-state index contributed by atoms with van der Waals surface area (Å²) >= 11 is 0. The number of amides is 3. The fraction of sp³-hybridized carbons (Fsp3) is 0.0714. The molecule has 1 aromatic carbocycles. The van der Waals surface area contributed by atoms with Crippen molar-refractivity contribution in [3.05, 3.63) is 60.4 Å². The van der Waals surface area contributed by atoms with Crippen molar-refractivity contribution in [1.82, 2.24) is 10.3 Å². The van der Waals surface area contributed by atoms with Gasteiger partial charge in [0.05, 0.1) is 5.69 Å². The van der Waals surface area contributed by atoms with Crippen LogP contribution in [0.4, 0.5) is 10.5 Å². The summed E-state index contributed by atoms with van der Waals surface area (Å²) in [6.45, 7) is 0. The van der Waals surface area contributed by atoms with Gasteiger partial charge in [0.2, 0.25) is 0 Å². The maximum atomic E-state index is 12.0. The number of rotatable bonds is 2. The Bertz CT molecular complexity index is 558. The van der Waals surface area contributed by atoms with Crippen LogP contribution in [0.1, 0.15) is 11.7 Å². The molecule has 3 amide bonds.